The minimum Gasteiger partial charge on any atom is -0.478 e. The molecule has 0 saturated carbocycles. The zero-order chi connectivity index (χ0) is 17.6. The maximum atomic E-state index is 12.6. The van der Waals surface area contributed by atoms with Gasteiger partial charge in [0, 0.05) is 16.5 Å². The van der Waals surface area contributed by atoms with Crippen molar-refractivity contribution < 1.29 is 14.7 Å². The van der Waals surface area contributed by atoms with Crippen molar-refractivity contribution in [3.8, 4) is 0 Å². The zero-order valence-electron chi connectivity index (χ0n) is 12.8. The van der Waals surface area contributed by atoms with Crippen LogP contribution in [0.1, 0.15) is 26.3 Å². The third-order valence-electron chi connectivity index (χ3n) is 4.11. The molecule has 3 aromatic carbocycles. The topological polar surface area (TPSA) is 78.8 Å². The second-order valence-corrected chi connectivity index (χ2v) is 6.02. The third-order valence-corrected chi connectivity index (χ3v) is 4.44. The summed E-state index contributed by atoms with van der Waals surface area (Å²) in [4.78, 5) is 23.8. The SMILES string of the molecule is O=C(O)c1cc(NN=C2C(=O)c3cccc4cccc2c34)ccc1Cl. The van der Waals surface area contributed by atoms with Gasteiger partial charge in [-0.2, -0.15) is 5.10 Å². The molecule has 0 saturated heterocycles. The lowest BCUT2D eigenvalue weighted by Crippen LogP contribution is -2.11. The summed E-state index contributed by atoms with van der Waals surface area (Å²) >= 11 is 5.86. The quantitative estimate of drug-likeness (QED) is 0.694. The van der Waals surface area contributed by atoms with E-state index in [1.54, 1.807) is 12.1 Å². The Labute approximate surface area is 147 Å². The number of anilines is 1. The Kier molecular flexibility index (Phi) is 3.51. The van der Waals surface area contributed by atoms with E-state index in [2.05, 4.69) is 10.5 Å². The number of hydrogen-bond acceptors (Lipinski definition) is 4. The molecule has 6 heteroatoms. The van der Waals surface area contributed by atoms with Gasteiger partial charge in [0.25, 0.3) is 0 Å². The molecule has 0 atom stereocenters. The minimum absolute atomic E-state index is 0.0324. The first-order valence-electron chi connectivity index (χ1n) is 7.49. The van der Waals surface area contributed by atoms with Crippen LogP contribution in [0.2, 0.25) is 5.02 Å². The molecule has 0 unspecified atom stereocenters. The van der Waals surface area contributed by atoms with Gasteiger partial charge in [0.15, 0.2) is 0 Å². The van der Waals surface area contributed by atoms with Gasteiger partial charge >= 0.3 is 5.97 Å². The molecule has 0 bridgehead atoms. The van der Waals surface area contributed by atoms with Crippen molar-refractivity contribution in [1.29, 1.82) is 0 Å². The van der Waals surface area contributed by atoms with Gasteiger partial charge in [0.05, 0.1) is 16.3 Å². The van der Waals surface area contributed by atoms with Crippen LogP contribution in [0, 0.1) is 0 Å². The first-order chi connectivity index (χ1) is 12.1. The van der Waals surface area contributed by atoms with E-state index in [0.717, 1.165) is 16.3 Å². The summed E-state index contributed by atoms with van der Waals surface area (Å²) in [7, 11) is 0. The summed E-state index contributed by atoms with van der Waals surface area (Å²) in [6, 6.07) is 15.7. The normalized spacial score (nSPS) is 14.3. The molecule has 4 rings (SSSR count). The number of nitrogens with zero attached hydrogens (tertiary/aromatic N) is 1. The van der Waals surface area contributed by atoms with Crippen molar-refractivity contribution in [2.45, 2.75) is 0 Å². The summed E-state index contributed by atoms with van der Waals surface area (Å²) in [5, 5.41) is 15.4. The zero-order valence-corrected chi connectivity index (χ0v) is 13.5. The largest absolute Gasteiger partial charge is 0.478 e. The maximum absolute atomic E-state index is 12.6. The van der Waals surface area contributed by atoms with Crippen LogP contribution < -0.4 is 5.43 Å². The number of hydrazone groups is 1. The number of hydrogen-bond donors (Lipinski definition) is 2. The summed E-state index contributed by atoms with van der Waals surface area (Å²) < 4.78 is 0. The number of Topliss-reactive ketones (excluding diaryl/α,β-unsaturated/α-hetero) is 1. The van der Waals surface area contributed by atoms with Crippen LogP contribution in [0.4, 0.5) is 5.69 Å². The molecule has 0 amide bonds. The molecule has 0 heterocycles. The second kappa shape index (κ2) is 5.72. The number of carbonyl (C=O) groups is 2. The molecule has 1 aliphatic rings. The van der Waals surface area contributed by atoms with E-state index in [4.69, 9.17) is 16.7 Å². The van der Waals surface area contributed by atoms with Crippen molar-refractivity contribution in [2.75, 3.05) is 5.43 Å². The number of ketones is 1. The molecular formula is C19H11ClN2O3. The van der Waals surface area contributed by atoms with Gasteiger partial charge in [-0.1, -0.05) is 48.0 Å². The number of halogens is 1. The fourth-order valence-corrected chi connectivity index (χ4v) is 3.17. The summed E-state index contributed by atoms with van der Waals surface area (Å²) in [6.45, 7) is 0. The molecule has 122 valence electrons. The summed E-state index contributed by atoms with van der Waals surface area (Å²) in [5.74, 6) is -1.29. The molecule has 0 fully saturated rings. The molecule has 1 aliphatic carbocycles. The molecule has 0 aromatic heterocycles. The Balaban J connectivity index is 1.75. The number of carboxylic acid groups (broad SMARTS) is 1. The van der Waals surface area contributed by atoms with Gasteiger partial charge in [-0.3, -0.25) is 10.2 Å². The fourth-order valence-electron chi connectivity index (χ4n) is 2.97. The number of benzene rings is 3. The van der Waals surface area contributed by atoms with Crippen LogP contribution in [0.25, 0.3) is 10.8 Å². The molecule has 0 aliphatic heterocycles. The maximum Gasteiger partial charge on any atom is 0.337 e. The van der Waals surface area contributed by atoms with Crippen LogP contribution in [0.5, 0.6) is 0 Å². The van der Waals surface area contributed by atoms with Crippen molar-refractivity contribution >= 4 is 45.5 Å². The van der Waals surface area contributed by atoms with E-state index in [9.17, 15) is 9.59 Å². The highest BCUT2D eigenvalue weighted by atomic mass is 35.5. The standard InChI is InChI=1S/C19H11ClN2O3/c20-15-8-7-11(9-14(15)19(24)25)21-22-17-12-5-1-3-10-4-2-6-13(16(10)12)18(17)23/h1-9,21H,(H,24,25). The van der Waals surface area contributed by atoms with E-state index >= 15 is 0 Å². The van der Waals surface area contributed by atoms with Crippen molar-refractivity contribution in [2.24, 2.45) is 5.10 Å². The van der Waals surface area contributed by atoms with E-state index in [1.165, 1.54) is 12.1 Å². The molecule has 5 nitrogen and oxygen atoms in total. The molecule has 25 heavy (non-hydrogen) atoms. The monoisotopic (exact) mass is 350 g/mol. The van der Waals surface area contributed by atoms with E-state index in [1.807, 2.05) is 30.3 Å². The predicted molar refractivity (Wildman–Crippen MR) is 96.8 cm³/mol. The number of rotatable bonds is 3. The highest BCUT2D eigenvalue weighted by Gasteiger charge is 2.28. The summed E-state index contributed by atoms with van der Waals surface area (Å²) in [5.41, 5.74) is 4.85. The molecular weight excluding hydrogens is 340 g/mol. The van der Waals surface area contributed by atoms with E-state index in [0.29, 0.717) is 17.0 Å². The lowest BCUT2D eigenvalue weighted by molar-refractivity contribution is 0.0697. The lowest BCUT2D eigenvalue weighted by Gasteiger charge is -2.05. The smallest absolute Gasteiger partial charge is 0.337 e. The van der Waals surface area contributed by atoms with Gasteiger partial charge in [-0.25, -0.2) is 4.79 Å². The highest BCUT2D eigenvalue weighted by Crippen LogP contribution is 2.31. The van der Waals surface area contributed by atoms with Crippen LogP contribution in [-0.2, 0) is 0 Å². The van der Waals surface area contributed by atoms with E-state index in [-0.39, 0.29) is 16.4 Å². The Morgan fingerprint density at radius 3 is 2.48 bits per heavy atom. The number of carbonyl (C=O) groups excluding carboxylic acids is 1. The first-order valence-corrected chi connectivity index (χ1v) is 7.87. The van der Waals surface area contributed by atoms with Gasteiger partial charge in [-0.15, -0.1) is 0 Å². The first kappa shape index (κ1) is 15.4. The fraction of sp³-hybridized carbons (Fsp3) is 0. The third kappa shape index (κ3) is 2.45. The lowest BCUT2D eigenvalue weighted by atomic mass is 10.1. The van der Waals surface area contributed by atoms with Crippen LogP contribution in [0.15, 0.2) is 59.7 Å². The Bertz CT molecular complexity index is 1080. The number of aromatic carboxylic acids is 1. The van der Waals surface area contributed by atoms with Crippen LogP contribution >= 0.6 is 11.6 Å². The van der Waals surface area contributed by atoms with Gasteiger partial charge in [-0.05, 0) is 23.6 Å². The Morgan fingerprint density at radius 2 is 1.76 bits per heavy atom. The van der Waals surface area contributed by atoms with Crippen LogP contribution in [0.3, 0.4) is 0 Å². The summed E-state index contributed by atoms with van der Waals surface area (Å²) in [6.07, 6.45) is 0. The molecule has 0 spiro atoms. The molecule has 0 radical (unpaired) electrons. The Hall–Kier alpha value is -3.18. The van der Waals surface area contributed by atoms with Crippen molar-refractivity contribution in [3.05, 3.63) is 76.3 Å². The van der Waals surface area contributed by atoms with E-state index < -0.39 is 5.97 Å². The predicted octanol–water partition coefficient (Wildman–Crippen LogP) is 4.20. The average Bonchev–Trinajstić information content (AvgIpc) is 2.88. The average molecular weight is 351 g/mol. The molecule has 2 N–H and O–H groups in total. The van der Waals surface area contributed by atoms with Crippen LogP contribution in [-0.4, -0.2) is 22.6 Å². The highest BCUT2D eigenvalue weighted by molar-refractivity contribution is 6.59. The minimum atomic E-state index is -1.13. The van der Waals surface area contributed by atoms with Crippen molar-refractivity contribution in [1.82, 2.24) is 0 Å². The second-order valence-electron chi connectivity index (χ2n) is 5.61. The number of nitrogens with one attached hydrogen (secondary N) is 1. The Morgan fingerprint density at radius 1 is 1.04 bits per heavy atom. The van der Waals surface area contributed by atoms with Gasteiger partial charge in [0.1, 0.15) is 5.71 Å². The molecule has 3 aromatic rings. The van der Waals surface area contributed by atoms with Gasteiger partial charge < -0.3 is 5.11 Å². The number of carboxylic acids is 1. The van der Waals surface area contributed by atoms with Gasteiger partial charge in [0.2, 0.25) is 5.78 Å². The van der Waals surface area contributed by atoms with Crippen molar-refractivity contribution in [3.63, 3.8) is 0 Å².